The van der Waals surface area contributed by atoms with Crippen LogP contribution in [0.5, 0.6) is 5.75 Å². The molecule has 0 aliphatic carbocycles. The number of phenolic OH excluding ortho intramolecular Hbond substituents is 1. The van der Waals surface area contributed by atoms with Crippen LogP contribution in [0.3, 0.4) is 0 Å². The van der Waals surface area contributed by atoms with E-state index in [1.165, 1.54) is 24.1 Å². The van der Waals surface area contributed by atoms with Crippen molar-refractivity contribution in [1.82, 2.24) is 10.2 Å². The summed E-state index contributed by atoms with van der Waals surface area (Å²) < 4.78 is 0. The molecule has 0 spiro atoms. The van der Waals surface area contributed by atoms with Gasteiger partial charge in [-0.3, -0.25) is 9.59 Å². The zero-order valence-corrected chi connectivity index (χ0v) is 10.4. The number of nitrogens with one attached hydrogen (secondary N) is 1. The highest BCUT2D eigenvalue weighted by atomic mass is 16.3. The first-order chi connectivity index (χ1) is 8.47. The summed E-state index contributed by atoms with van der Waals surface area (Å²) in [4.78, 5) is 24.6. The molecule has 0 fully saturated rings. The molecule has 1 rings (SSSR count). The van der Waals surface area contributed by atoms with E-state index in [1.54, 1.807) is 13.0 Å². The summed E-state index contributed by atoms with van der Waals surface area (Å²) in [5.41, 5.74) is 5.72. The Morgan fingerprint density at radius 1 is 1.44 bits per heavy atom. The molecule has 0 unspecified atom stereocenters. The third-order valence-corrected chi connectivity index (χ3v) is 2.40. The number of nitrogens with two attached hydrogens (primary N) is 1. The van der Waals surface area contributed by atoms with Gasteiger partial charge in [-0.2, -0.15) is 0 Å². The van der Waals surface area contributed by atoms with E-state index in [0.29, 0.717) is 6.54 Å². The fraction of sp³-hybridized carbons (Fsp3) is 0.333. The molecule has 0 radical (unpaired) electrons. The lowest BCUT2D eigenvalue weighted by molar-refractivity contribution is -0.121. The number of rotatable bonds is 4. The Labute approximate surface area is 105 Å². The van der Waals surface area contributed by atoms with E-state index >= 15 is 0 Å². The van der Waals surface area contributed by atoms with Gasteiger partial charge in [0.2, 0.25) is 5.91 Å². The molecule has 1 aromatic carbocycles. The summed E-state index contributed by atoms with van der Waals surface area (Å²) in [6.45, 7) is 2.23. The minimum atomic E-state index is -0.453. The zero-order chi connectivity index (χ0) is 13.7. The van der Waals surface area contributed by atoms with Crippen molar-refractivity contribution in [2.75, 3.05) is 25.9 Å². The summed E-state index contributed by atoms with van der Waals surface area (Å²) in [6.07, 6.45) is 0. The van der Waals surface area contributed by atoms with Crippen molar-refractivity contribution in [3.8, 4) is 5.75 Å². The minimum absolute atomic E-state index is 0.0685. The first-order valence-corrected chi connectivity index (χ1v) is 5.57. The Bertz CT molecular complexity index is 460. The number of benzene rings is 1. The Morgan fingerprint density at radius 2 is 2.11 bits per heavy atom. The maximum atomic E-state index is 12.0. The highest BCUT2D eigenvalue weighted by molar-refractivity contribution is 5.99. The van der Waals surface area contributed by atoms with Crippen LogP contribution in [0.25, 0.3) is 0 Å². The number of hydrogen-bond donors (Lipinski definition) is 3. The van der Waals surface area contributed by atoms with Crippen LogP contribution >= 0.6 is 0 Å². The second-order valence-electron chi connectivity index (χ2n) is 3.86. The molecular weight excluding hydrogens is 234 g/mol. The lowest BCUT2D eigenvalue weighted by Gasteiger charge is -2.17. The van der Waals surface area contributed by atoms with E-state index < -0.39 is 5.91 Å². The molecule has 0 atom stereocenters. The molecule has 0 aliphatic rings. The van der Waals surface area contributed by atoms with Gasteiger partial charge in [-0.1, -0.05) is 6.07 Å². The van der Waals surface area contributed by atoms with Crippen LogP contribution in [0.15, 0.2) is 18.2 Å². The third kappa shape index (κ3) is 3.13. The first kappa shape index (κ1) is 13.8. The van der Waals surface area contributed by atoms with Crippen LogP contribution in [-0.4, -0.2) is 42.0 Å². The molecule has 0 aliphatic heterocycles. The summed E-state index contributed by atoms with van der Waals surface area (Å²) in [5, 5.41) is 12.3. The van der Waals surface area contributed by atoms with E-state index in [9.17, 15) is 14.7 Å². The molecule has 2 amide bonds. The first-order valence-electron chi connectivity index (χ1n) is 5.57. The van der Waals surface area contributed by atoms with E-state index in [2.05, 4.69) is 5.32 Å². The fourth-order valence-electron chi connectivity index (χ4n) is 1.48. The summed E-state index contributed by atoms with van der Waals surface area (Å²) in [6, 6.07) is 4.53. The number of carbonyl (C=O) groups excluding carboxylic acids is 2. The number of carbonyl (C=O) groups is 2. The van der Waals surface area contributed by atoms with Gasteiger partial charge in [0.15, 0.2) is 5.75 Å². The smallest absolute Gasteiger partial charge is 0.257 e. The number of amides is 2. The number of hydrogen-bond acceptors (Lipinski definition) is 4. The second kappa shape index (κ2) is 5.90. The van der Waals surface area contributed by atoms with Crippen LogP contribution in [-0.2, 0) is 4.79 Å². The van der Waals surface area contributed by atoms with Crippen molar-refractivity contribution in [3.63, 3.8) is 0 Å². The van der Waals surface area contributed by atoms with Gasteiger partial charge in [0.25, 0.3) is 5.91 Å². The van der Waals surface area contributed by atoms with Gasteiger partial charge in [0.05, 0.1) is 17.8 Å². The number of para-hydroxylation sites is 1. The largest absolute Gasteiger partial charge is 0.505 e. The van der Waals surface area contributed by atoms with Gasteiger partial charge >= 0.3 is 0 Å². The summed E-state index contributed by atoms with van der Waals surface area (Å²) >= 11 is 0. The Hall–Kier alpha value is -2.24. The summed E-state index contributed by atoms with van der Waals surface area (Å²) in [7, 11) is 1.49. The number of nitrogens with zero attached hydrogens (tertiary/aromatic N) is 1. The molecule has 18 heavy (non-hydrogen) atoms. The average Bonchev–Trinajstić information content (AvgIpc) is 2.32. The van der Waals surface area contributed by atoms with Crippen molar-refractivity contribution in [3.05, 3.63) is 23.8 Å². The SMILES string of the molecule is CCNC(=O)CN(C)C(=O)c1cccc(N)c1O. The zero-order valence-electron chi connectivity index (χ0n) is 10.4. The number of phenols is 1. The minimum Gasteiger partial charge on any atom is -0.505 e. The molecule has 0 saturated heterocycles. The van der Waals surface area contributed by atoms with Crippen LogP contribution in [0.4, 0.5) is 5.69 Å². The molecule has 0 heterocycles. The Kier molecular flexibility index (Phi) is 4.53. The number of anilines is 1. The van der Waals surface area contributed by atoms with Gasteiger partial charge in [-0.05, 0) is 19.1 Å². The third-order valence-electron chi connectivity index (χ3n) is 2.40. The maximum absolute atomic E-state index is 12.0. The van der Waals surface area contributed by atoms with E-state index in [1.807, 2.05) is 0 Å². The van der Waals surface area contributed by atoms with Gasteiger partial charge in [-0.15, -0.1) is 0 Å². The van der Waals surface area contributed by atoms with Gasteiger partial charge in [0, 0.05) is 13.6 Å². The van der Waals surface area contributed by atoms with E-state index in [4.69, 9.17) is 5.73 Å². The van der Waals surface area contributed by atoms with Crippen molar-refractivity contribution < 1.29 is 14.7 Å². The predicted octanol–water partition coefficient (Wildman–Crippen LogP) is 0.182. The quantitative estimate of drug-likeness (QED) is 0.525. The fourth-order valence-corrected chi connectivity index (χ4v) is 1.48. The van der Waals surface area contributed by atoms with Gasteiger partial charge < -0.3 is 21.1 Å². The van der Waals surface area contributed by atoms with Crippen molar-refractivity contribution in [2.24, 2.45) is 0 Å². The molecule has 98 valence electrons. The molecule has 4 N–H and O–H groups in total. The van der Waals surface area contributed by atoms with E-state index in [0.717, 1.165) is 0 Å². The predicted molar refractivity (Wildman–Crippen MR) is 68.2 cm³/mol. The van der Waals surface area contributed by atoms with E-state index in [-0.39, 0.29) is 29.5 Å². The second-order valence-corrected chi connectivity index (χ2v) is 3.86. The number of aromatic hydroxyl groups is 1. The lowest BCUT2D eigenvalue weighted by atomic mass is 10.1. The van der Waals surface area contributed by atoms with Crippen LogP contribution in [0, 0.1) is 0 Å². The molecule has 1 aromatic rings. The van der Waals surface area contributed by atoms with Gasteiger partial charge in [0.1, 0.15) is 0 Å². The molecular formula is C12H17N3O3. The van der Waals surface area contributed by atoms with Crippen molar-refractivity contribution in [1.29, 1.82) is 0 Å². The van der Waals surface area contributed by atoms with Crippen LogP contribution in [0.2, 0.25) is 0 Å². The van der Waals surface area contributed by atoms with Crippen molar-refractivity contribution >= 4 is 17.5 Å². The average molecular weight is 251 g/mol. The standard InChI is InChI=1S/C12H17N3O3/c1-3-14-10(16)7-15(2)12(18)8-5-4-6-9(13)11(8)17/h4-6,17H,3,7,13H2,1-2H3,(H,14,16). The molecule has 6 heteroatoms. The topological polar surface area (TPSA) is 95.7 Å². The molecule has 6 nitrogen and oxygen atoms in total. The molecule has 0 saturated carbocycles. The highest BCUT2D eigenvalue weighted by Crippen LogP contribution is 2.25. The monoisotopic (exact) mass is 251 g/mol. The molecule has 0 aromatic heterocycles. The normalized spacial score (nSPS) is 9.89. The van der Waals surface area contributed by atoms with Crippen LogP contribution < -0.4 is 11.1 Å². The van der Waals surface area contributed by atoms with Gasteiger partial charge in [-0.25, -0.2) is 0 Å². The van der Waals surface area contributed by atoms with Crippen LogP contribution in [0.1, 0.15) is 17.3 Å². The Balaban J connectivity index is 2.81. The van der Waals surface area contributed by atoms with Crippen molar-refractivity contribution in [2.45, 2.75) is 6.92 Å². The Morgan fingerprint density at radius 3 is 2.72 bits per heavy atom. The number of likely N-dealkylation sites (N-methyl/N-ethyl adjacent to an activating group) is 2. The molecule has 0 bridgehead atoms. The number of nitrogen functional groups attached to an aromatic ring is 1. The highest BCUT2D eigenvalue weighted by Gasteiger charge is 2.18. The lowest BCUT2D eigenvalue weighted by Crippen LogP contribution is -2.38. The maximum Gasteiger partial charge on any atom is 0.257 e. The summed E-state index contributed by atoms with van der Waals surface area (Å²) in [5.74, 6) is -0.965.